The van der Waals surface area contributed by atoms with E-state index in [0.717, 1.165) is 27.8 Å². The zero-order valence-corrected chi connectivity index (χ0v) is 13.5. The summed E-state index contributed by atoms with van der Waals surface area (Å²) in [4.78, 5) is 34.8. The Hall–Kier alpha value is -2.45. The minimum atomic E-state index is -0.394. The number of rotatable bonds is 3. The molecule has 0 spiro atoms. The smallest absolute Gasteiger partial charge is 0.282 e. The van der Waals surface area contributed by atoms with Crippen LogP contribution in [-0.4, -0.2) is 21.3 Å². The zero-order chi connectivity index (χ0) is 16.6. The molecular formula is C15H11N2O4S2+. The van der Waals surface area contributed by atoms with Crippen molar-refractivity contribution < 1.29 is 19.7 Å². The van der Waals surface area contributed by atoms with Crippen molar-refractivity contribution in [1.29, 1.82) is 0 Å². The largest absolute Gasteiger partial charge is 0.320 e. The second-order valence-electron chi connectivity index (χ2n) is 4.86. The molecule has 0 radical (unpaired) electrons. The molecule has 8 heteroatoms. The fourth-order valence-corrected chi connectivity index (χ4v) is 3.72. The van der Waals surface area contributed by atoms with Gasteiger partial charge in [0.1, 0.15) is 0 Å². The number of thiophene rings is 1. The molecule has 0 bridgehead atoms. The van der Waals surface area contributed by atoms with Crippen LogP contribution in [0.3, 0.4) is 0 Å². The van der Waals surface area contributed by atoms with Crippen LogP contribution in [0.25, 0.3) is 17.2 Å². The highest BCUT2D eigenvalue weighted by Crippen LogP contribution is 2.32. The third kappa shape index (κ3) is 3.17. The fourth-order valence-electron chi connectivity index (χ4n) is 2.13. The summed E-state index contributed by atoms with van der Waals surface area (Å²) in [5.41, 5.74) is 2.49. The number of amides is 2. The van der Waals surface area contributed by atoms with Gasteiger partial charge < -0.3 is 0 Å². The zero-order valence-electron chi connectivity index (χ0n) is 11.9. The molecule has 1 aromatic carbocycles. The maximum Gasteiger partial charge on any atom is 0.320 e. The second kappa shape index (κ2) is 5.98. The topological polar surface area (TPSA) is 86.5 Å². The van der Waals surface area contributed by atoms with E-state index in [1.54, 1.807) is 25.1 Å². The van der Waals surface area contributed by atoms with Crippen LogP contribution in [0.5, 0.6) is 0 Å². The van der Waals surface area contributed by atoms with Crippen molar-refractivity contribution in [1.82, 2.24) is 5.32 Å². The lowest BCUT2D eigenvalue weighted by atomic mass is 10.1. The second-order valence-corrected chi connectivity index (χ2v) is 6.82. The number of hydrogen-bond donors (Lipinski definition) is 2. The van der Waals surface area contributed by atoms with Crippen molar-refractivity contribution in [3.63, 3.8) is 0 Å². The third-order valence-corrected chi connectivity index (χ3v) is 4.97. The molecule has 2 amide bonds. The first-order chi connectivity index (χ1) is 10.9. The summed E-state index contributed by atoms with van der Waals surface area (Å²) in [6.07, 6.45) is 1.65. The van der Waals surface area contributed by atoms with E-state index < -0.39 is 5.91 Å². The van der Waals surface area contributed by atoms with Crippen LogP contribution >= 0.6 is 23.1 Å². The van der Waals surface area contributed by atoms with Crippen molar-refractivity contribution >= 4 is 46.0 Å². The van der Waals surface area contributed by atoms with Gasteiger partial charge in [-0.05, 0) is 47.3 Å². The quantitative estimate of drug-likeness (QED) is 0.650. The Morgan fingerprint density at radius 1 is 1.22 bits per heavy atom. The van der Waals surface area contributed by atoms with Gasteiger partial charge in [-0.3, -0.25) is 14.9 Å². The van der Waals surface area contributed by atoms with Gasteiger partial charge in [0.05, 0.1) is 9.81 Å². The van der Waals surface area contributed by atoms with Crippen LogP contribution in [-0.2, 0) is 4.79 Å². The molecule has 3 rings (SSSR count). The molecular weight excluding hydrogens is 336 g/mol. The van der Waals surface area contributed by atoms with E-state index in [-0.39, 0.29) is 15.8 Å². The van der Waals surface area contributed by atoms with Gasteiger partial charge in [0.2, 0.25) is 0 Å². The Balaban J connectivity index is 1.92. The summed E-state index contributed by atoms with van der Waals surface area (Å²) in [7, 11) is 0. The van der Waals surface area contributed by atoms with E-state index in [1.165, 1.54) is 11.3 Å². The van der Waals surface area contributed by atoms with Crippen molar-refractivity contribution in [3.8, 4) is 11.1 Å². The lowest BCUT2D eigenvalue weighted by Gasteiger charge is -1.98. The first-order valence-corrected chi connectivity index (χ1v) is 8.24. The van der Waals surface area contributed by atoms with Crippen molar-refractivity contribution in [2.24, 2.45) is 0 Å². The molecule has 2 N–H and O–H groups in total. The van der Waals surface area contributed by atoms with Gasteiger partial charge in [-0.15, -0.1) is 11.3 Å². The lowest BCUT2D eigenvalue weighted by molar-refractivity contribution is -0.730. The van der Waals surface area contributed by atoms with Crippen molar-refractivity contribution in [2.75, 3.05) is 0 Å². The Bertz CT molecular complexity index is 870. The summed E-state index contributed by atoms with van der Waals surface area (Å²) in [6, 6.07) is 7.06. The molecule has 1 aromatic heterocycles. The summed E-state index contributed by atoms with van der Waals surface area (Å²) in [5, 5.41) is 12.8. The number of nitrogens with one attached hydrogen (secondary N) is 1. The monoisotopic (exact) mass is 347 g/mol. The minimum absolute atomic E-state index is 0.154. The maximum absolute atomic E-state index is 11.5. The van der Waals surface area contributed by atoms with Crippen LogP contribution < -0.4 is 5.32 Å². The fraction of sp³-hybridized carbons (Fsp3) is 0.0667. The first kappa shape index (κ1) is 15.4. The van der Waals surface area contributed by atoms with E-state index >= 15 is 0 Å². The molecule has 1 aliphatic rings. The number of thioether (sulfide) groups is 1. The van der Waals surface area contributed by atoms with Gasteiger partial charge >= 0.3 is 5.69 Å². The highest BCUT2D eigenvalue weighted by Gasteiger charge is 2.25. The van der Waals surface area contributed by atoms with Gasteiger partial charge in [0, 0.05) is 16.5 Å². The van der Waals surface area contributed by atoms with Gasteiger partial charge in [0.15, 0.2) is 0 Å². The van der Waals surface area contributed by atoms with E-state index in [9.17, 15) is 14.5 Å². The van der Waals surface area contributed by atoms with Gasteiger partial charge in [-0.2, -0.15) is 0 Å². The summed E-state index contributed by atoms with van der Waals surface area (Å²) in [6.45, 7) is 1.73. The Morgan fingerprint density at radius 2 is 2.00 bits per heavy atom. The molecule has 0 unspecified atom stereocenters. The number of hydrogen-bond acceptors (Lipinski definition) is 5. The van der Waals surface area contributed by atoms with E-state index in [0.29, 0.717) is 10.5 Å². The molecule has 1 aliphatic heterocycles. The van der Waals surface area contributed by atoms with Crippen LogP contribution in [0.2, 0.25) is 0 Å². The molecule has 2 heterocycles. The van der Waals surface area contributed by atoms with Gasteiger partial charge in [0.25, 0.3) is 16.1 Å². The van der Waals surface area contributed by atoms with Gasteiger partial charge in [-0.25, -0.2) is 5.21 Å². The minimum Gasteiger partial charge on any atom is -0.282 e. The molecule has 0 saturated carbocycles. The van der Waals surface area contributed by atoms with Gasteiger partial charge in [-0.1, -0.05) is 12.1 Å². The summed E-state index contributed by atoms with van der Waals surface area (Å²) < 4.78 is 0. The van der Waals surface area contributed by atoms with E-state index in [2.05, 4.69) is 5.32 Å². The Labute approximate surface area is 139 Å². The maximum atomic E-state index is 11.5. The van der Waals surface area contributed by atoms with Crippen LogP contribution in [0.4, 0.5) is 10.5 Å². The molecule has 6 nitrogen and oxygen atoms in total. The average Bonchev–Trinajstić information content (AvgIpc) is 3.06. The summed E-state index contributed by atoms with van der Waals surface area (Å²) in [5.74, 6) is -0.394. The predicted octanol–water partition coefficient (Wildman–Crippen LogP) is 3.85. The molecule has 0 aliphatic carbocycles. The number of nitrogens with zero attached hydrogens (tertiary/aromatic N) is 1. The Morgan fingerprint density at radius 3 is 2.65 bits per heavy atom. The van der Waals surface area contributed by atoms with Crippen LogP contribution in [0.15, 0.2) is 34.6 Å². The molecule has 1 saturated heterocycles. The normalized spacial score (nSPS) is 16.0. The van der Waals surface area contributed by atoms with Crippen LogP contribution in [0, 0.1) is 11.8 Å². The number of imide groups is 1. The van der Waals surface area contributed by atoms with Crippen LogP contribution in [0.1, 0.15) is 10.4 Å². The van der Waals surface area contributed by atoms with Crippen molar-refractivity contribution in [3.05, 3.63) is 49.9 Å². The third-order valence-electron chi connectivity index (χ3n) is 3.28. The first-order valence-electron chi connectivity index (χ1n) is 6.54. The van der Waals surface area contributed by atoms with Crippen molar-refractivity contribution in [2.45, 2.75) is 6.92 Å². The number of carbonyl (C=O) groups is 2. The Kier molecular flexibility index (Phi) is 4.01. The van der Waals surface area contributed by atoms with E-state index in [4.69, 9.17) is 5.21 Å². The standard InChI is InChI=1S/C15H10N2O4S2/c1-8-2-3-9(5-12(8)17(20)21)10-4-11(22-7-10)6-13-14(18)16-15(19)23-13/h2-7H,1H3,(H-,16,18,19,20,21)/p+1/b13-6+. The molecule has 0 atom stereocenters. The molecule has 23 heavy (non-hydrogen) atoms. The van der Waals surface area contributed by atoms with E-state index in [1.807, 2.05) is 17.5 Å². The highest BCUT2D eigenvalue weighted by molar-refractivity contribution is 8.18. The predicted molar refractivity (Wildman–Crippen MR) is 88.7 cm³/mol. The SMILES string of the molecule is Cc1ccc(-c2csc(/C=C3/SC(=O)NC3=O)c2)cc1[N+](=O)O. The molecule has 1 fully saturated rings. The lowest BCUT2D eigenvalue weighted by Crippen LogP contribution is -2.17. The number of benzene rings is 1. The summed E-state index contributed by atoms with van der Waals surface area (Å²) >= 11 is 2.29. The highest BCUT2D eigenvalue weighted by atomic mass is 32.2. The number of carbonyl (C=O) groups excluding carboxylic acids is 2. The average molecular weight is 347 g/mol. The molecule has 116 valence electrons. The number of aryl methyl sites for hydroxylation is 1. The molecule has 2 aromatic rings.